The molecule has 0 N–H and O–H groups in total. The van der Waals surface area contributed by atoms with Crippen molar-refractivity contribution in [2.45, 2.75) is 94.9 Å². The Morgan fingerprint density at radius 1 is 0.639 bits per heavy atom. The van der Waals surface area contributed by atoms with E-state index < -0.39 is 43.6 Å². The van der Waals surface area contributed by atoms with Crippen LogP contribution >= 0.6 is 0 Å². The van der Waals surface area contributed by atoms with Crippen molar-refractivity contribution in [3.8, 4) is 0 Å². The molecule has 1 radical (unpaired) electrons. The molecule has 0 amide bonds. The Labute approximate surface area is 235 Å². The molecule has 2 unspecified atom stereocenters. The van der Waals surface area contributed by atoms with Crippen molar-refractivity contribution in [1.82, 2.24) is 0 Å². The van der Waals surface area contributed by atoms with Crippen molar-refractivity contribution in [3.05, 3.63) is 86.1 Å². The topological polar surface area (TPSA) is 0 Å². The van der Waals surface area contributed by atoms with Crippen LogP contribution in [0.3, 0.4) is 0 Å². The summed E-state index contributed by atoms with van der Waals surface area (Å²) < 4.78 is 2.95. The maximum atomic E-state index is 2.64. The van der Waals surface area contributed by atoms with E-state index in [9.17, 15) is 0 Å². The van der Waals surface area contributed by atoms with Crippen molar-refractivity contribution in [2.75, 3.05) is 0 Å². The Bertz CT molecular complexity index is 1090. The number of hydrogen-bond acceptors (Lipinski definition) is 0. The van der Waals surface area contributed by atoms with Gasteiger partial charge < -0.3 is 0 Å². The summed E-state index contributed by atoms with van der Waals surface area (Å²) in [7, 11) is -2.40. The average molecular weight is 590 g/mol. The molecule has 0 saturated heterocycles. The molecule has 0 heterocycles. The van der Waals surface area contributed by atoms with Gasteiger partial charge in [0.15, 0.2) is 0 Å². The molecule has 4 rings (SSSR count). The quantitative estimate of drug-likeness (QED) is 0.202. The monoisotopic (exact) mass is 589 g/mol. The summed E-state index contributed by atoms with van der Waals surface area (Å²) in [6, 6.07) is 9.42. The first-order valence-corrected chi connectivity index (χ1v) is 26.5. The molecule has 0 spiro atoms. The molecule has 0 bridgehead atoms. The van der Waals surface area contributed by atoms with Crippen LogP contribution in [0.15, 0.2) is 36.4 Å². The number of rotatable bonds is 9. The van der Waals surface area contributed by atoms with Crippen molar-refractivity contribution < 1.29 is 27.4 Å². The molecule has 2 atom stereocenters. The average Bonchev–Trinajstić information content (AvgIpc) is 3.41. The van der Waals surface area contributed by atoms with Gasteiger partial charge in [0.25, 0.3) is 0 Å². The van der Waals surface area contributed by atoms with Crippen LogP contribution < -0.4 is 0 Å². The molecule has 36 heavy (non-hydrogen) atoms. The minimum absolute atomic E-state index is 0.722. The Kier molecular flexibility index (Phi) is 8.63. The van der Waals surface area contributed by atoms with E-state index in [1.54, 1.807) is 11.1 Å². The second-order valence-corrected chi connectivity index (χ2v) is 32.6. The van der Waals surface area contributed by atoms with Crippen molar-refractivity contribution in [3.63, 3.8) is 0 Å². The Morgan fingerprint density at radius 3 is 1.47 bits per heavy atom. The van der Waals surface area contributed by atoms with Gasteiger partial charge in [0.1, 0.15) is 0 Å². The van der Waals surface area contributed by atoms with Crippen molar-refractivity contribution in [1.29, 1.82) is 0 Å². The summed E-state index contributed by atoms with van der Waals surface area (Å²) >= 11 is -2.15. The van der Waals surface area contributed by atoms with Crippen LogP contribution in [-0.2, 0) is 27.4 Å². The van der Waals surface area contributed by atoms with Gasteiger partial charge in [-0.15, -0.1) is 0 Å². The van der Waals surface area contributed by atoms with Gasteiger partial charge in [-0.25, -0.2) is 0 Å². The number of aryl methyl sites for hydroxylation is 4. The van der Waals surface area contributed by atoms with E-state index in [4.69, 9.17) is 0 Å². The van der Waals surface area contributed by atoms with Gasteiger partial charge in [0.2, 0.25) is 0 Å². The molecule has 3 heteroatoms. The van der Waals surface area contributed by atoms with Crippen LogP contribution in [0.5, 0.6) is 0 Å². The molecule has 2 aromatic carbocycles. The summed E-state index contributed by atoms with van der Waals surface area (Å²) in [5.41, 5.74) is 12.4. The molecule has 0 aromatic heterocycles. The zero-order valence-electron chi connectivity index (χ0n) is 24.7. The third kappa shape index (κ3) is 5.73. The fourth-order valence-electron chi connectivity index (χ4n) is 7.48. The van der Waals surface area contributed by atoms with Crippen LogP contribution in [-0.4, -0.2) is 16.1 Å². The molecule has 191 valence electrons. The molecule has 2 aliphatic rings. The zero-order chi connectivity index (χ0) is 26.4. The first-order chi connectivity index (χ1) is 16.8. The number of fused-ring (bicyclic) bond motifs is 2. The van der Waals surface area contributed by atoms with Crippen LogP contribution in [0.25, 0.3) is 12.2 Å². The van der Waals surface area contributed by atoms with Gasteiger partial charge in [0, 0.05) is 0 Å². The van der Waals surface area contributed by atoms with Crippen LogP contribution in [0, 0.1) is 32.9 Å². The van der Waals surface area contributed by atoms with Crippen molar-refractivity contribution in [2.24, 2.45) is 0 Å². The van der Waals surface area contributed by atoms with Crippen LogP contribution in [0.4, 0.5) is 0 Å². The van der Waals surface area contributed by atoms with E-state index in [1.165, 1.54) is 55.9 Å². The van der Waals surface area contributed by atoms with Gasteiger partial charge in [-0.05, 0) is 0 Å². The fourth-order valence-corrected chi connectivity index (χ4v) is 29.3. The minimum atomic E-state index is -2.15. The summed E-state index contributed by atoms with van der Waals surface area (Å²) in [6.07, 6.45) is 14.5. The second-order valence-electron chi connectivity index (χ2n) is 13.7. The summed E-state index contributed by atoms with van der Waals surface area (Å²) in [5.74, 6) is 0. The molecule has 0 aliphatic heterocycles. The van der Waals surface area contributed by atoms with Crippen LogP contribution in [0.1, 0.15) is 69.2 Å². The predicted octanol–water partition coefficient (Wildman–Crippen LogP) is 10.3. The van der Waals surface area contributed by atoms with Gasteiger partial charge in [0.05, 0.1) is 0 Å². The summed E-state index contributed by atoms with van der Waals surface area (Å²) in [6.45, 7) is 24.8. The van der Waals surface area contributed by atoms with Gasteiger partial charge in [-0.3, -0.25) is 0 Å². The molecule has 0 saturated carbocycles. The van der Waals surface area contributed by atoms with E-state index >= 15 is 0 Å². The summed E-state index contributed by atoms with van der Waals surface area (Å²) in [5, 5.41) is 2.01. The van der Waals surface area contributed by atoms with Gasteiger partial charge in [-0.1, -0.05) is 0 Å². The number of allylic oxidation sites excluding steroid dienone is 2. The van der Waals surface area contributed by atoms with Crippen LogP contribution in [0.2, 0.25) is 42.5 Å². The van der Waals surface area contributed by atoms with E-state index in [2.05, 4.69) is 116 Å². The van der Waals surface area contributed by atoms with Crippen molar-refractivity contribution >= 4 is 28.3 Å². The second kappa shape index (κ2) is 10.9. The molecule has 0 nitrogen and oxygen atoms in total. The number of unbranched alkanes of at least 4 members (excludes halogenated alkanes) is 1. The first-order valence-electron chi connectivity index (χ1n) is 14.2. The standard InChI is InChI=1S/C11H26Si2.2C11H11.Y/c1-8-9-10-11(12(2,3)4)13(5,6)7;2*1-8-6-7-9(2)11-5-3-4-10(8)11;/h1,8-10H2,2-7H3;2*3-7H,1-2H3;. The fraction of sp³-hybridized carbons (Fsp3) is 0.485. The Hall–Kier alpha value is -0.542. The molecule has 2 aromatic rings. The zero-order valence-corrected chi connectivity index (χ0v) is 29.5. The first kappa shape index (κ1) is 28.5. The van der Waals surface area contributed by atoms with E-state index in [1.807, 2.05) is 5.16 Å². The van der Waals surface area contributed by atoms with Gasteiger partial charge >= 0.3 is 237 Å². The molecular formula is C33H48Si2Y. The molecule has 2 aliphatic carbocycles. The predicted molar refractivity (Wildman–Crippen MR) is 164 cm³/mol. The maximum absolute atomic E-state index is 2.64. The molecular weight excluding hydrogens is 541 g/mol. The SMILES string of the molecule is Cc1ccc(C)c2c1C=C[CH]2[Y]([CH2]CCC[C]([Si](C)(C)C)[Si](C)(C)C)[CH]1C=Cc2c(C)ccc(C)c21. The summed E-state index contributed by atoms with van der Waals surface area (Å²) in [4.78, 5) is 0. The molecule has 0 fully saturated rings. The Balaban J connectivity index is 1.63. The van der Waals surface area contributed by atoms with E-state index in [0.717, 1.165) is 5.46 Å². The normalized spacial score (nSPS) is 18.8. The third-order valence-corrected chi connectivity index (χ3v) is 27.5. The number of benzene rings is 2. The van der Waals surface area contributed by atoms with E-state index in [-0.39, 0.29) is 0 Å². The van der Waals surface area contributed by atoms with Gasteiger partial charge in [-0.2, -0.15) is 0 Å². The third-order valence-electron chi connectivity index (χ3n) is 9.00. The Morgan fingerprint density at radius 2 is 1.06 bits per heavy atom. The number of hydrogen-bond donors (Lipinski definition) is 0. The van der Waals surface area contributed by atoms with E-state index in [0.29, 0.717) is 0 Å².